The second-order valence-corrected chi connectivity index (χ2v) is 7.18. The molecule has 1 aliphatic heterocycles. The Morgan fingerprint density at radius 3 is 2.33 bits per heavy atom. The third-order valence-electron chi connectivity index (χ3n) is 5.13. The third kappa shape index (κ3) is 5.21. The standard InChI is InChI=1S/C22H26N4O4/c1-17(28)24-11-4-12-25(14-13-24)22(30)26(21-5-2-3-10-23-21)15-18-6-8-19(9-7-18)20(29)16-27/h2-3,5-10,27H,4,11-16H2,1H3. The number of ketones is 1. The molecule has 3 rings (SSSR count). The topological polar surface area (TPSA) is 94.1 Å². The molecule has 1 fully saturated rings. The number of hydrogen-bond acceptors (Lipinski definition) is 5. The minimum atomic E-state index is -0.538. The van der Waals surface area contributed by atoms with Gasteiger partial charge in [-0.1, -0.05) is 30.3 Å². The maximum Gasteiger partial charge on any atom is 0.326 e. The summed E-state index contributed by atoms with van der Waals surface area (Å²) in [4.78, 5) is 46.1. The van der Waals surface area contributed by atoms with Gasteiger partial charge >= 0.3 is 6.03 Å². The van der Waals surface area contributed by atoms with Crippen molar-refractivity contribution in [2.75, 3.05) is 37.7 Å². The molecule has 1 aliphatic rings. The molecule has 0 atom stereocenters. The van der Waals surface area contributed by atoms with Gasteiger partial charge in [0.15, 0.2) is 5.78 Å². The average molecular weight is 410 g/mol. The lowest BCUT2D eigenvalue weighted by atomic mass is 10.1. The second-order valence-electron chi connectivity index (χ2n) is 7.18. The Morgan fingerprint density at radius 2 is 1.70 bits per heavy atom. The molecule has 0 unspecified atom stereocenters. The molecule has 1 aromatic heterocycles. The number of Topliss-reactive ketones (excluding diaryl/α,β-unsaturated/α-hetero) is 1. The zero-order valence-corrected chi connectivity index (χ0v) is 17.0. The number of carbonyl (C=O) groups excluding carboxylic acids is 3. The summed E-state index contributed by atoms with van der Waals surface area (Å²) in [7, 11) is 0. The summed E-state index contributed by atoms with van der Waals surface area (Å²) in [5.41, 5.74) is 1.26. The Balaban J connectivity index is 1.80. The van der Waals surface area contributed by atoms with Crippen LogP contribution in [-0.2, 0) is 11.3 Å². The number of carbonyl (C=O) groups is 3. The third-order valence-corrected chi connectivity index (χ3v) is 5.13. The molecule has 1 aromatic carbocycles. The largest absolute Gasteiger partial charge is 0.388 e. The van der Waals surface area contributed by atoms with Crippen LogP contribution in [0.4, 0.5) is 10.6 Å². The number of hydrogen-bond donors (Lipinski definition) is 1. The SMILES string of the molecule is CC(=O)N1CCCN(C(=O)N(Cc2ccc(C(=O)CO)cc2)c2ccccn2)CC1. The monoisotopic (exact) mass is 410 g/mol. The molecule has 3 amide bonds. The molecule has 8 heteroatoms. The van der Waals surface area contributed by atoms with Crippen LogP contribution in [0.3, 0.4) is 0 Å². The van der Waals surface area contributed by atoms with Gasteiger partial charge in [-0.3, -0.25) is 14.5 Å². The van der Waals surface area contributed by atoms with Gasteiger partial charge in [0.2, 0.25) is 5.91 Å². The first kappa shape index (κ1) is 21.4. The van der Waals surface area contributed by atoms with Crippen LogP contribution in [0, 0.1) is 0 Å². The van der Waals surface area contributed by atoms with Crippen molar-refractivity contribution in [3.63, 3.8) is 0 Å². The van der Waals surface area contributed by atoms with Crippen LogP contribution in [-0.4, -0.2) is 70.4 Å². The Bertz CT molecular complexity index is 886. The van der Waals surface area contributed by atoms with E-state index in [4.69, 9.17) is 5.11 Å². The van der Waals surface area contributed by atoms with Crippen LogP contribution in [0.15, 0.2) is 48.7 Å². The van der Waals surface area contributed by atoms with E-state index in [2.05, 4.69) is 4.98 Å². The van der Waals surface area contributed by atoms with Crippen molar-refractivity contribution in [3.05, 3.63) is 59.8 Å². The highest BCUT2D eigenvalue weighted by Gasteiger charge is 2.26. The van der Waals surface area contributed by atoms with E-state index >= 15 is 0 Å². The lowest BCUT2D eigenvalue weighted by Crippen LogP contribution is -2.45. The van der Waals surface area contributed by atoms with Gasteiger partial charge in [0.1, 0.15) is 12.4 Å². The van der Waals surface area contributed by atoms with Gasteiger partial charge in [-0.15, -0.1) is 0 Å². The summed E-state index contributed by atoms with van der Waals surface area (Å²) < 4.78 is 0. The molecule has 30 heavy (non-hydrogen) atoms. The summed E-state index contributed by atoms with van der Waals surface area (Å²) in [5, 5.41) is 9.00. The zero-order chi connectivity index (χ0) is 21.5. The first-order valence-electron chi connectivity index (χ1n) is 9.95. The number of benzene rings is 1. The molecular formula is C22H26N4O4. The summed E-state index contributed by atoms with van der Waals surface area (Å²) in [6, 6.07) is 12.1. The van der Waals surface area contributed by atoms with Crippen LogP contribution in [0.5, 0.6) is 0 Å². The minimum Gasteiger partial charge on any atom is -0.388 e. The molecular weight excluding hydrogens is 384 g/mol. The maximum absolute atomic E-state index is 13.4. The Morgan fingerprint density at radius 1 is 1.00 bits per heavy atom. The molecule has 1 saturated heterocycles. The van der Waals surface area contributed by atoms with Crippen molar-refractivity contribution in [3.8, 4) is 0 Å². The lowest BCUT2D eigenvalue weighted by Gasteiger charge is -2.29. The van der Waals surface area contributed by atoms with Crippen LogP contribution in [0.25, 0.3) is 0 Å². The molecule has 0 saturated carbocycles. The van der Waals surface area contributed by atoms with Crippen LogP contribution >= 0.6 is 0 Å². The highest BCUT2D eigenvalue weighted by molar-refractivity contribution is 5.97. The Labute approximate surface area is 175 Å². The summed E-state index contributed by atoms with van der Waals surface area (Å²) in [6.45, 7) is 3.48. The van der Waals surface area contributed by atoms with E-state index in [9.17, 15) is 14.4 Å². The van der Waals surface area contributed by atoms with Crippen LogP contribution in [0.2, 0.25) is 0 Å². The van der Waals surface area contributed by atoms with E-state index in [1.807, 2.05) is 6.07 Å². The quantitative estimate of drug-likeness (QED) is 0.761. The molecule has 0 bridgehead atoms. The van der Waals surface area contributed by atoms with Gasteiger partial charge in [-0.2, -0.15) is 0 Å². The van der Waals surface area contributed by atoms with Crippen molar-refractivity contribution >= 4 is 23.5 Å². The number of nitrogens with zero attached hydrogens (tertiary/aromatic N) is 4. The maximum atomic E-state index is 13.4. The first-order chi connectivity index (χ1) is 14.5. The van der Waals surface area contributed by atoms with Gasteiger partial charge in [0, 0.05) is 44.9 Å². The number of aliphatic hydroxyl groups is 1. The van der Waals surface area contributed by atoms with Crippen LogP contribution < -0.4 is 4.90 Å². The molecule has 2 heterocycles. The minimum absolute atomic E-state index is 0.0170. The van der Waals surface area contributed by atoms with Crippen molar-refractivity contribution in [2.45, 2.75) is 19.9 Å². The normalized spacial score (nSPS) is 14.2. The molecule has 1 N–H and O–H groups in total. The molecule has 0 radical (unpaired) electrons. The average Bonchev–Trinajstić information content (AvgIpc) is 3.04. The van der Waals surface area contributed by atoms with Gasteiger partial charge in [-0.25, -0.2) is 9.78 Å². The number of rotatable bonds is 5. The van der Waals surface area contributed by atoms with E-state index in [1.165, 1.54) is 0 Å². The van der Waals surface area contributed by atoms with Gasteiger partial charge in [0.25, 0.3) is 0 Å². The Hall–Kier alpha value is -3.26. The second kappa shape index (κ2) is 9.98. The molecule has 0 aliphatic carbocycles. The lowest BCUT2D eigenvalue weighted by molar-refractivity contribution is -0.128. The first-order valence-corrected chi connectivity index (χ1v) is 9.95. The van der Waals surface area contributed by atoms with Gasteiger partial charge < -0.3 is 14.9 Å². The molecule has 2 aromatic rings. The van der Waals surface area contributed by atoms with E-state index in [-0.39, 0.29) is 24.3 Å². The van der Waals surface area contributed by atoms with Crippen molar-refractivity contribution in [1.82, 2.24) is 14.8 Å². The fourth-order valence-corrected chi connectivity index (χ4v) is 3.42. The fourth-order valence-electron chi connectivity index (χ4n) is 3.42. The highest BCUT2D eigenvalue weighted by atomic mass is 16.3. The summed E-state index contributed by atoms with van der Waals surface area (Å²) in [6.07, 6.45) is 2.36. The smallest absolute Gasteiger partial charge is 0.326 e. The molecule has 8 nitrogen and oxygen atoms in total. The van der Waals surface area contributed by atoms with Crippen LogP contribution in [0.1, 0.15) is 29.3 Å². The van der Waals surface area contributed by atoms with E-state index in [0.717, 1.165) is 12.0 Å². The van der Waals surface area contributed by atoms with Crippen molar-refractivity contribution < 1.29 is 19.5 Å². The summed E-state index contributed by atoms with van der Waals surface area (Å²) in [5.74, 6) is 0.202. The zero-order valence-electron chi connectivity index (χ0n) is 17.0. The predicted molar refractivity (Wildman–Crippen MR) is 112 cm³/mol. The van der Waals surface area contributed by atoms with Crippen molar-refractivity contribution in [2.24, 2.45) is 0 Å². The fraction of sp³-hybridized carbons (Fsp3) is 0.364. The van der Waals surface area contributed by atoms with Crippen molar-refractivity contribution in [1.29, 1.82) is 0 Å². The summed E-state index contributed by atoms with van der Waals surface area (Å²) >= 11 is 0. The van der Waals surface area contributed by atoms with E-state index < -0.39 is 6.61 Å². The number of amides is 3. The Kier molecular flexibility index (Phi) is 7.13. The highest BCUT2D eigenvalue weighted by Crippen LogP contribution is 2.18. The van der Waals surface area contributed by atoms with E-state index in [1.54, 1.807) is 64.2 Å². The number of anilines is 1. The number of pyridine rings is 1. The molecule has 158 valence electrons. The molecule has 0 spiro atoms. The predicted octanol–water partition coefficient (Wildman–Crippen LogP) is 1.94. The van der Waals surface area contributed by atoms with E-state index in [0.29, 0.717) is 37.6 Å². The number of urea groups is 1. The van der Waals surface area contributed by atoms with Gasteiger partial charge in [-0.05, 0) is 24.1 Å². The number of aliphatic hydroxyl groups excluding tert-OH is 1. The van der Waals surface area contributed by atoms with Gasteiger partial charge in [0.05, 0.1) is 6.54 Å². The number of aromatic nitrogens is 1.